The van der Waals surface area contributed by atoms with Crippen molar-refractivity contribution >= 4 is 16.8 Å². The molecule has 0 saturated carbocycles. The highest BCUT2D eigenvalue weighted by molar-refractivity contribution is 6.06. The van der Waals surface area contributed by atoms with Gasteiger partial charge in [-0.05, 0) is 19.1 Å². The van der Waals surface area contributed by atoms with Crippen LogP contribution >= 0.6 is 0 Å². The quantitative estimate of drug-likeness (QED) is 0.786. The molecule has 5 nitrogen and oxygen atoms in total. The molecule has 1 aliphatic rings. The Morgan fingerprint density at radius 2 is 2.39 bits per heavy atom. The van der Waals surface area contributed by atoms with Crippen LogP contribution in [0.4, 0.5) is 0 Å². The summed E-state index contributed by atoms with van der Waals surface area (Å²) in [5.74, 6) is 0.0935. The molecule has 0 radical (unpaired) electrons. The van der Waals surface area contributed by atoms with Gasteiger partial charge in [-0.25, -0.2) is 0 Å². The van der Waals surface area contributed by atoms with Crippen LogP contribution in [0, 0.1) is 0 Å². The number of piperazine rings is 1. The summed E-state index contributed by atoms with van der Waals surface area (Å²) in [6.07, 6.45) is 1.72. The van der Waals surface area contributed by atoms with Crippen molar-refractivity contribution in [2.75, 3.05) is 19.6 Å². The highest BCUT2D eigenvalue weighted by Gasteiger charge is 2.25. The van der Waals surface area contributed by atoms with E-state index in [0.29, 0.717) is 0 Å². The van der Waals surface area contributed by atoms with Gasteiger partial charge in [0.1, 0.15) is 0 Å². The second-order valence-electron chi connectivity index (χ2n) is 4.69. The van der Waals surface area contributed by atoms with Crippen molar-refractivity contribution < 1.29 is 4.79 Å². The summed E-state index contributed by atoms with van der Waals surface area (Å²) in [4.78, 5) is 14.5. The van der Waals surface area contributed by atoms with Crippen molar-refractivity contribution in [3.05, 3.63) is 30.0 Å². The molecule has 1 aliphatic heterocycles. The molecule has 0 unspecified atom stereocenters. The van der Waals surface area contributed by atoms with Gasteiger partial charge in [0.25, 0.3) is 5.91 Å². The number of nitrogens with zero attached hydrogens (tertiary/aromatic N) is 2. The predicted molar refractivity (Wildman–Crippen MR) is 69.5 cm³/mol. The zero-order valence-electron chi connectivity index (χ0n) is 10.3. The number of benzene rings is 1. The van der Waals surface area contributed by atoms with Gasteiger partial charge in [0.2, 0.25) is 0 Å². The van der Waals surface area contributed by atoms with E-state index in [2.05, 4.69) is 22.4 Å². The van der Waals surface area contributed by atoms with Crippen molar-refractivity contribution in [3.8, 4) is 0 Å². The van der Waals surface area contributed by atoms with Crippen molar-refractivity contribution in [3.63, 3.8) is 0 Å². The summed E-state index contributed by atoms with van der Waals surface area (Å²) in [7, 11) is 0. The summed E-state index contributed by atoms with van der Waals surface area (Å²) in [6, 6.07) is 5.92. The minimum atomic E-state index is 0.0935. The van der Waals surface area contributed by atoms with E-state index in [4.69, 9.17) is 0 Å². The Labute approximate surface area is 105 Å². The maximum atomic E-state index is 12.6. The average molecular weight is 244 g/mol. The van der Waals surface area contributed by atoms with Crippen LogP contribution in [0.1, 0.15) is 17.3 Å². The lowest BCUT2D eigenvalue weighted by Gasteiger charge is -2.34. The van der Waals surface area contributed by atoms with Crippen LogP contribution < -0.4 is 5.32 Å². The minimum absolute atomic E-state index is 0.0935. The van der Waals surface area contributed by atoms with E-state index in [1.165, 1.54) is 0 Å². The molecule has 1 amide bonds. The Morgan fingerprint density at radius 1 is 1.50 bits per heavy atom. The van der Waals surface area contributed by atoms with E-state index >= 15 is 0 Å². The largest absolute Gasteiger partial charge is 0.333 e. The molecule has 94 valence electrons. The van der Waals surface area contributed by atoms with Gasteiger partial charge in [-0.1, -0.05) is 6.07 Å². The first-order valence-electron chi connectivity index (χ1n) is 6.21. The van der Waals surface area contributed by atoms with Crippen LogP contribution in [0.15, 0.2) is 24.4 Å². The van der Waals surface area contributed by atoms with E-state index in [1.54, 1.807) is 6.20 Å². The van der Waals surface area contributed by atoms with Crippen molar-refractivity contribution in [2.24, 2.45) is 0 Å². The highest BCUT2D eigenvalue weighted by atomic mass is 16.2. The predicted octanol–water partition coefficient (Wildman–Crippen LogP) is 0.997. The first-order valence-corrected chi connectivity index (χ1v) is 6.21. The first-order chi connectivity index (χ1) is 8.77. The van der Waals surface area contributed by atoms with Crippen molar-refractivity contribution in [1.29, 1.82) is 0 Å². The number of aromatic nitrogens is 2. The molecule has 1 saturated heterocycles. The standard InChI is InChI=1S/C13H16N4O/c1-9-7-14-5-6-17(9)13(18)10-3-2-4-12-11(10)8-15-16-12/h2-4,8-9,14H,5-7H2,1H3,(H,15,16)/t9-/m1/s1. The zero-order chi connectivity index (χ0) is 12.5. The Morgan fingerprint density at radius 3 is 3.22 bits per heavy atom. The molecule has 0 bridgehead atoms. The number of aromatic amines is 1. The third kappa shape index (κ3) is 1.76. The number of hydrogen-bond donors (Lipinski definition) is 2. The van der Waals surface area contributed by atoms with Gasteiger partial charge >= 0.3 is 0 Å². The number of rotatable bonds is 1. The first kappa shape index (κ1) is 11.2. The van der Waals surface area contributed by atoms with Crippen molar-refractivity contribution in [1.82, 2.24) is 20.4 Å². The third-order valence-electron chi connectivity index (χ3n) is 3.48. The van der Waals surface area contributed by atoms with E-state index in [0.717, 1.165) is 36.1 Å². The Balaban J connectivity index is 1.98. The SMILES string of the molecule is C[C@@H]1CNCCN1C(=O)c1cccc2[nH]ncc12. The number of H-pyrrole nitrogens is 1. The molecule has 1 aromatic heterocycles. The molecular formula is C13H16N4O. The molecule has 1 fully saturated rings. The van der Waals surface area contributed by atoms with Crippen LogP contribution in [0.2, 0.25) is 0 Å². The Bertz CT molecular complexity index is 577. The number of hydrogen-bond acceptors (Lipinski definition) is 3. The monoisotopic (exact) mass is 244 g/mol. The molecule has 1 atom stereocenters. The summed E-state index contributed by atoms with van der Waals surface area (Å²) in [6.45, 7) is 4.54. The maximum Gasteiger partial charge on any atom is 0.254 e. The van der Waals surface area contributed by atoms with E-state index in [9.17, 15) is 4.79 Å². The summed E-state index contributed by atoms with van der Waals surface area (Å²) < 4.78 is 0. The summed E-state index contributed by atoms with van der Waals surface area (Å²) in [5.41, 5.74) is 1.64. The molecule has 18 heavy (non-hydrogen) atoms. The topological polar surface area (TPSA) is 61.0 Å². The van der Waals surface area contributed by atoms with Crippen LogP contribution in [0.25, 0.3) is 10.9 Å². The van der Waals surface area contributed by atoms with Gasteiger partial charge in [0.05, 0.1) is 17.3 Å². The molecule has 1 aromatic carbocycles. The molecule has 2 aromatic rings. The third-order valence-corrected chi connectivity index (χ3v) is 3.48. The molecular weight excluding hydrogens is 228 g/mol. The van der Waals surface area contributed by atoms with Crippen LogP contribution in [0.5, 0.6) is 0 Å². The molecule has 2 heterocycles. The van der Waals surface area contributed by atoms with E-state index in [1.807, 2.05) is 23.1 Å². The number of nitrogens with one attached hydrogen (secondary N) is 2. The van der Waals surface area contributed by atoms with Crippen LogP contribution in [-0.4, -0.2) is 46.7 Å². The van der Waals surface area contributed by atoms with Crippen molar-refractivity contribution in [2.45, 2.75) is 13.0 Å². The second-order valence-corrected chi connectivity index (χ2v) is 4.69. The number of fused-ring (bicyclic) bond motifs is 1. The highest BCUT2D eigenvalue weighted by Crippen LogP contribution is 2.19. The fourth-order valence-corrected chi connectivity index (χ4v) is 2.45. The molecule has 0 spiro atoms. The van der Waals surface area contributed by atoms with Crippen LogP contribution in [-0.2, 0) is 0 Å². The Kier molecular flexibility index (Phi) is 2.76. The summed E-state index contributed by atoms with van der Waals surface area (Å²) >= 11 is 0. The van der Waals surface area contributed by atoms with Gasteiger partial charge in [0.15, 0.2) is 0 Å². The molecule has 0 aliphatic carbocycles. The van der Waals surface area contributed by atoms with E-state index in [-0.39, 0.29) is 11.9 Å². The maximum absolute atomic E-state index is 12.6. The smallest absolute Gasteiger partial charge is 0.254 e. The van der Waals surface area contributed by atoms with Gasteiger partial charge < -0.3 is 10.2 Å². The number of amides is 1. The molecule has 3 rings (SSSR count). The summed E-state index contributed by atoms with van der Waals surface area (Å²) in [5, 5.41) is 11.1. The fourth-order valence-electron chi connectivity index (χ4n) is 2.45. The van der Waals surface area contributed by atoms with Gasteiger partial charge in [0, 0.05) is 31.1 Å². The minimum Gasteiger partial charge on any atom is -0.333 e. The zero-order valence-corrected chi connectivity index (χ0v) is 10.3. The number of carbonyl (C=O) groups is 1. The fraction of sp³-hybridized carbons (Fsp3) is 0.385. The normalized spacial score (nSPS) is 20.3. The molecule has 5 heteroatoms. The second kappa shape index (κ2) is 4.42. The van der Waals surface area contributed by atoms with Gasteiger partial charge in [-0.15, -0.1) is 0 Å². The molecule has 2 N–H and O–H groups in total. The lowest BCUT2D eigenvalue weighted by atomic mass is 10.1. The average Bonchev–Trinajstić information content (AvgIpc) is 2.86. The van der Waals surface area contributed by atoms with Gasteiger partial charge in [-0.3, -0.25) is 9.89 Å². The van der Waals surface area contributed by atoms with Gasteiger partial charge in [-0.2, -0.15) is 5.10 Å². The lowest BCUT2D eigenvalue weighted by Crippen LogP contribution is -2.52. The Hall–Kier alpha value is -1.88. The lowest BCUT2D eigenvalue weighted by molar-refractivity contribution is 0.0658. The van der Waals surface area contributed by atoms with E-state index < -0.39 is 0 Å². The van der Waals surface area contributed by atoms with Crippen LogP contribution in [0.3, 0.4) is 0 Å². The number of carbonyl (C=O) groups excluding carboxylic acids is 1.